The van der Waals surface area contributed by atoms with E-state index in [2.05, 4.69) is 35.3 Å². The third-order valence-electron chi connectivity index (χ3n) is 4.48. The maximum atomic E-state index is 12.5. The van der Waals surface area contributed by atoms with Crippen LogP contribution < -0.4 is 10.2 Å². The van der Waals surface area contributed by atoms with Crippen molar-refractivity contribution in [2.75, 3.05) is 25.5 Å². The van der Waals surface area contributed by atoms with Crippen LogP contribution in [-0.4, -0.2) is 48.3 Å². The summed E-state index contributed by atoms with van der Waals surface area (Å²) in [5.41, 5.74) is 2.54. The van der Waals surface area contributed by atoms with E-state index in [9.17, 15) is 9.90 Å². The zero-order valence-corrected chi connectivity index (χ0v) is 14.9. The fourth-order valence-corrected chi connectivity index (χ4v) is 3.26. The first kappa shape index (κ1) is 17.6. The molecule has 23 heavy (non-hydrogen) atoms. The highest BCUT2D eigenvalue weighted by molar-refractivity contribution is 5.75. The Kier molecular flexibility index (Phi) is 5.19. The summed E-state index contributed by atoms with van der Waals surface area (Å²) in [5.74, 6) is 0. The van der Waals surface area contributed by atoms with E-state index >= 15 is 0 Å². The van der Waals surface area contributed by atoms with Crippen LogP contribution in [0.1, 0.15) is 37.8 Å². The largest absolute Gasteiger partial charge is 0.388 e. The molecular formula is C18H29N3O2. The molecule has 0 radical (unpaired) electrons. The summed E-state index contributed by atoms with van der Waals surface area (Å²) in [6.07, 6.45) is 1.79. The summed E-state index contributed by atoms with van der Waals surface area (Å²) in [6.45, 7) is 6.80. The smallest absolute Gasteiger partial charge is 0.318 e. The molecule has 1 aromatic carbocycles. The van der Waals surface area contributed by atoms with Gasteiger partial charge in [0, 0.05) is 32.9 Å². The number of rotatable bonds is 4. The third-order valence-corrected chi connectivity index (χ3v) is 4.48. The van der Waals surface area contributed by atoms with Gasteiger partial charge in [-0.25, -0.2) is 4.79 Å². The summed E-state index contributed by atoms with van der Waals surface area (Å²) >= 11 is 0. The molecule has 2 N–H and O–H groups in total. The molecule has 0 bridgehead atoms. The van der Waals surface area contributed by atoms with Crippen molar-refractivity contribution in [2.45, 2.75) is 51.8 Å². The van der Waals surface area contributed by atoms with Crippen molar-refractivity contribution in [2.24, 2.45) is 0 Å². The monoisotopic (exact) mass is 319 g/mol. The maximum Gasteiger partial charge on any atom is 0.318 e. The second kappa shape index (κ2) is 6.79. The van der Waals surface area contributed by atoms with E-state index in [1.54, 1.807) is 18.7 Å². The number of aryl methyl sites for hydroxylation is 1. The first-order valence-corrected chi connectivity index (χ1v) is 8.24. The van der Waals surface area contributed by atoms with Crippen molar-refractivity contribution < 1.29 is 9.90 Å². The lowest BCUT2D eigenvalue weighted by atomic mass is 9.97. The first-order valence-electron chi connectivity index (χ1n) is 8.24. The SMILES string of the molecule is Cc1ccc(CNC(=O)N2CCC[C@H]2C(C)(C)O)c(N(C)C)c1. The van der Waals surface area contributed by atoms with E-state index < -0.39 is 5.60 Å². The number of urea groups is 1. The van der Waals surface area contributed by atoms with Gasteiger partial charge in [0.05, 0.1) is 11.6 Å². The van der Waals surface area contributed by atoms with Gasteiger partial charge >= 0.3 is 6.03 Å². The van der Waals surface area contributed by atoms with Crippen LogP contribution in [0.25, 0.3) is 0 Å². The van der Waals surface area contributed by atoms with Crippen molar-refractivity contribution >= 4 is 11.7 Å². The van der Waals surface area contributed by atoms with E-state index in [1.807, 2.05) is 14.1 Å². The number of likely N-dealkylation sites (tertiary alicyclic amines) is 1. The standard InChI is InChI=1S/C18H29N3O2/c1-13-8-9-14(15(11-13)20(4)5)12-19-17(22)21-10-6-7-16(21)18(2,3)23/h8-9,11,16,23H,6-7,10,12H2,1-5H3,(H,19,22)/t16-/m0/s1. The van der Waals surface area contributed by atoms with Crippen molar-refractivity contribution in [1.82, 2.24) is 10.2 Å². The molecule has 0 aromatic heterocycles. The lowest BCUT2D eigenvalue weighted by Crippen LogP contribution is -2.51. The molecule has 2 rings (SSSR count). The first-order chi connectivity index (χ1) is 10.7. The van der Waals surface area contributed by atoms with E-state index in [0.29, 0.717) is 13.1 Å². The predicted molar refractivity (Wildman–Crippen MR) is 93.8 cm³/mol. The molecule has 128 valence electrons. The van der Waals surface area contributed by atoms with E-state index in [-0.39, 0.29) is 12.1 Å². The number of carbonyl (C=O) groups excluding carboxylic acids is 1. The molecule has 5 heteroatoms. The number of aliphatic hydroxyl groups is 1. The van der Waals surface area contributed by atoms with Gasteiger partial charge in [0.15, 0.2) is 0 Å². The van der Waals surface area contributed by atoms with Crippen molar-refractivity contribution in [3.8, 4) is 0 Å². The summed E-state index contributed by atoms with van der Waals surface area (Å²) < 4.78 is 0. The summed E-state index contributed by atoms with van der Waals surface area (Å²) in [4.78, 5) is 16.3. The fraction of sp³-hybridized carbons (Fsp3) is 0.611. The van der Waals surface area contributed by atoms with Gasteiger partial charge in [-0.3, -0.25) is 0 Å². The fourth-order valence-electron chi connectivity index (χ4n) is 3.26. The molecule has 1 fully saturated rings. The lowest BCUT2D eigenvalue weighted by Gasteiger charge is -2.33. The highest BCUT2D eigenvalue weighted by atomic mass is 16.3. The number of anilines is 1. The quantitative estimate of drug-likeness (QED) is 0.896. The second-order valence-electron chi connectivity index (χ2n) is 7.19. The minimum Gasteiger partial charge on any atom is -0.388 e. The highest BCUT2D eigenvalue weighted by Gasteiger charge is 2.38. The molecule has 0 spiro atoms. The van der Waals surface area contributed by atoms with Crippen LogP contribution in [0.4, 0.5) is 10.5 Å². The van der Waals surface area contributed by atoms with Gasteiger partial charge in [-0.15, -0.1) is 0 Å². The van der Waals surface area contributed by atoms with Gasteiger partial charge in [0.25, 0.3) is 0 Å². The van der Waals surface area contributed by atoms with Crippen LogP contribution in [-0.2, 0) is 6.54 Å². The molecule has 1 saturated heterocycles. The summed E-state index contributed by atoms with van der Waals surface area (Å²) in [7, 11) is 4.01. The van der Waals surface area contributed by atoms with Crippen LogP contribution in [0.15, 0.2) is 18.2 Å². The zero-order chi connectivity index (χ0) is 17.2. The third kappa shape index (κ3) is 4.16. The number of carbonyl (C=O) groups is 1. The Hall–Kier alpha value is -1.75. The molecule has 5 nitrogen and oxygen atoms in total. The summed E-state index contributed by atoms with van der Waals surface area (Å²) in [5, 5.41) is 13.2. The average molecular weight is 319 g/mol. The molecule has 1 heterocycles. The van der Waals surface area contributed by atoms with E-state index in [4.69, 9.17) is 0 Å². The Morgan fingerprint density at radius 2 is 2.13 bits per heavy atom. The number of nitrogens with one attached hydrogen (secondary N) is 1. The Morgan fingerprint density at radius 3 is 2.74 bits per heavy atom. The van der Waals surface area contributed by atoms with Crippen LogP contribution in [0.3, 0.4) is 0 Å². The number of hydrogen-bond acceptors (Lipinski definition) is 3. The molecule has 0 unspecified atom stereocenters. The molecule has 0 saturated carbocycles. The van der Waals surface area contributed by atoms with Crippen LogP contribution in [0.5, 0.6) is 0 Å². The zero-order valence-electron chi connectivity index (χ0n) is 14.9. The van der Waals surface area contributed by atoms with Gasteiger partial charge in [0.2, 0.25) is 0 Å². The number of amides is 2. The van der Waals surface area contributed by atoms with Crippen molar-refractivity contribution in [1.29, 1.82) is 0 Å². The molecule has 1 atom stereocenters. The molecule has 2 amide bonds. The van der Waals surface area contributed by atoms with Crippen LogP contribution >= 0.6 is 0 Å². The maximum absolute atomic E-state index is 12.5. The minimum atomic E-state index is -0.869. The second-order valence-corrected chi connectivity index (χ2v) is 7.19. The Morgan fingerprint density at radius 1 is 1.43 bits per heavy atom. The molecular weight excluding hydrogens is 290 g/mol. The lowest BCUT2D eigenvalue weighted by molar-refractivity contribution is 0.00979. The van der Waals surface area contributed by atoms with Gasteiger partial charge in [-0.05, 0) is 50.8 Å². The number of nitrogens with zero attached hydrogens (tertiary/aromatic N) is 2. The van der Waals surface area contributed by atoms with Crippen LogP contribution in [0.2, 0.25) is 0 Å². The number of benzene rings is 1. The Balaban J connectivity index is 2.05. The minimum absolute atomic E-state index is 0.0973. The normalized spacial score (nSPS) is 18.2. The van der Waals surface area contributed by atoms with Crippen molar-refractivity contribution in [3.63, 3.8) is 0 Å². The molecule has 0 aliphatic carbocycles. The number of hydrogen-bond donors (Lipinski definition) is 2. The van der Waals surface area contributed by atoms with Gasteiger partial charge in [-0.2, -0.15) is 0 Å². The van der Waals surface area contributed by atoms with Gasteiger partial charge < -0.3 is 20.2 Å². The Labute approximate surface area is 139 Å². The van der Waals surface area contributed by atoms with Crippen LogP contribution in [0, 0.1) is 6.92 Å². The molecule has 1 aliphatic rings. The van der Waals surface area contributed by atoms with Crippen molar-refractivity contribution in [3.05, 3.63) is 29.3 Å². The van der Waals surface area contributed by atoms with Gasteiger partial charge in [0.1, 0.15) is 0 Å². The van der Waals surface area contributed by atoms with E-state index in [0.717, 1.165) is 24.1 Å². The van der Waals surface area contributed by atoms with Gasteiger partial charge in [-0.1, -0.05) is 12.1 Å². The summed E-state index contributed by atoms with van der Waals surface area (Å²) in [6, 6.07) is 6.03. The molecule has 1 aliphatic heterocycles. The molecule has 1 aromatic rings. The average Bonchev–Trinajstić information content (AvgIpc) is 2.95. The van der Waals surface area contributed by atoms with E-state index in [1.165, 1.54) is 5.56 Å². The predicted octanol–water partition coefficient (Wildman–Crippen LogP) is 2.51. The topological polar surface area (TPSA) is 55.8 Å². The Bertz CT molecular complexity index is 564. The highest BCUT2D eigenvalue weighted by Crippen LogP contribution is 2.27.